The van der Waals surface area contributed by atoms with Gasteiger partial charge in [-0.3, -0.25) is 4.90 Å². The molecular formula is C15H29N3S. The van der Waals surface area contributed by atoms with Crippen molar-refractivity contribution in [2.24, 2.45) is 5.73 Å². The lowest BCUT2D eigenvalue weighted by molar-refractivity contribution is -0.0186. The van der Waals surface area contributed by atoms with Crippen molar-refractivity contribution in [2.45, 2.75) is 68.4 Å². The molecule has 0 spiro atoms. The van der Waals surface area contributed by atoms with Crippen LogP contribution in [0.4, 0.5) is 0 Å². The van der Waals surface area contributed by atoms with Crippen molar-refractivity contribution >= 4 is 11.8 Å². The summed E-state index contributed by atoms with van der Waals surface area (Å²) >= 11 is 2.13. The van der Waals surface area contributed by atoms with Crippen LogP contribution < -0.4 is 5.73 Å². The van der Waals surface area contributed by atoms with Gasteiger partial charge in [-0.2, -0.15) is 11.8 Å². The first kappa shape index (κ1) is 14.2. The maximum absolute atomic E-state index is 6.31. The van der Waals surface area contributed by atoms with Gasteiger partial charge in [-0.25, -0.2) is 0 Å². The van der Waals surface area contributed by atoms with E-state index in [-0.39, 0.29) is 5.54 Å². The molecule has 3 saturated heterocycles. The Balaban J connectivity index is 1.83. The van der Waals surface area contributed by atoms with Gasteiger partial charge in [-0.05, 0) is 39.7 Å². The van der Waals surface area contributed by atoms with E-state index in [2.05, 4.69) is 42.5 Å². The van der Waals surface area contributed by atoms with Gasteiger partial charge in [0.25, 0.3) is 0 Å². The summed E-state index contributed by atoms with van der Waals surface area (Å²) in [6.45, 7) is 6.87. The molecule has 3 nitrogen and oxygen atoms in total. The number of nitrogens with two attached hydrogens (primary N) is 1. The standard InChI is InChI=1S/C15H29N3S/c1-11-12(2)19-7-6-18(11)15(10-16)8-13-4-5-14(9-15)17(13)3/h11-14H,4-10,16H2,1-3H3. The highest BCUT2D eigenvalue weighted by Crippen LogP contribution is 2.44. The number of hydrogen-bond donors (Lipinski definition) is 1. The van der Waals surface area contributed by atoms with Gasteiger partial charge in [-0.1, -0.05) is 6.92 Å². The molecule has 2 N–H and O–H groups in total. The van der Waals surface area contributed by atoms with Crippen molar-refractivity contribution in [2.75, 3.05) is 25.9 Å². The summed E-state index contributed by atoms with van der Waals surface area (Å²) in [4.78, 5) is 5.41. The van der Waals surface area contributed by atoms with Crippen LogP contribution in [0.25, 0.3) is 0 Å². The molecule has 3 fully saturated rings. The topological polar surface area (TPSA) is 32.5 Å². The number of nitrogens with zero attached hydrogens (tertiary/aromatic N) is 2. The molecule has 19 heavy (non-hydrogen) atoms. The number of hydrogen-bond acceptors (Lipinski definition) is 4. The summed E-state index contributed by atoms with van der Waals surface area (Å²) in [5.41, 5.74) is 6.59. The third kappa shape index (κ3) is 2.25. The Hall–Kier alpha value is 0.230. The minimum atomic E-state index is 0.285. The zero-order valence-corrected chi connectivity index (χ0v) is 13.5. The average Bonchev–Trinajstić information content (AvgIpc) is 2.65. The van der Waals surface area contributed by atoms with E-state index in [0.29, 0.717) is 6.04 Å². The van der Waals surface area contributed by atoms with Crippen molar-refractivity contribution in [3.8, 4) is 0 Å². The largest absolute Gasteiger partial charge is 0.329 e. The molecule has 110 valence electrons. The summed E-state index contributed by atoms with van der Waals surface area (Å²) in [7, 11) is 2.32. The van der Waals surface area contributed by atoms with Gasteiger partial charge in [-0.15, -0.1) is 0 Å². The van der Waals surface area contributed by atoms with E-state index in [1.807, 2.05) is 0 Å². The normalized spacial score (nSPS) is 48.6. The Bertz CT molecular complexity index is 321. The fraction of sp³-hybridized carbons (Fsp3) is 1.00. The van der Waals surface area contributed by atoms with Crippen LogP contribution in [0.5, 0.6) is 0 Å². The van der Waals surface area contributed by atoms with Crippen molar-refractivity contribution in [1.29, 1.82) is 0 Å². The molecule has 0 amide bonds. The third-order valence-electron chi connectivity index (χ3n) is 6.09. The molecule has 3 heterocycles. The van der Waals surface area contributed by atoms with E-state index >= 15 is 0 Å². The number of rotatable bonds is 2. The Morgan fingerprint density at radius 3 is 2.42 bits per heavy atom. The van der Waals surface area contributed by atoms with Crippen LogP contribution in [0, 0.1) is 0 Å². The first-order chi connectivity index (χ1) is 9.07. The first-order valence-corrected chi connectivity index (χ1v) is 8.92. The molecule has 0 aliphatic carbocycles. The van der Waals surface area contributed by atoms with Crippen LogP contribution in [0.15, 0.2) is 0 Å². The number of piperidine rings is 1. The smallest absolute Gasteiger partial charge is 0.0365 e. The van der Waals surface area contributed by atoms with Crippen molar-refractivity contribution < 1.29 is 0 Å². The molecule has 0 saturated carbocycles. The van der Waals surface area contributed by atoms with Crippen molar-refractivity contribution in [3.63, 3.8) is 0 Å². The fourth-order valence-corrected chi connectivity index (χ4v) is 5.76. The van der Waals surface area contributed by atoms with Gasteiger partial charge in [0.1, 0.15) is 0 Å². The van der Waals surface area contributed by atoms with Crippen LogP contribution in [-0.2, 0) is 0 Å². The molecular weight excluding hydrogens is 254 g/mol. The summed E-state index contributed by atoms with van der Waals surface area (Å²) in [5, 5.41) is 0.745. The Labute approximate surface area is 122 Å². The molecule has 2 bridgehead atoms. The molecule has 4 unspecified atom stereocenters. The monoisotopic (exact) mass is 283 g/mol. The zero-order valence-electron chi connectivity index (χ0n) is 12.6. The Kier molecular flexibility index (Phi) is 3.89. The van der Waals surface area contributed by atoms with E-state index in [4.69, 9.17) is 5.73 Å². The minimum Gasteiger partial charge on any atom is -0.329 e. The summed E-state index contributed by atoms with van der Waals surface area (Å²) < 4.78 is 0. The van der Waals surface area contributed by atoms with Crippen LogP contribution in [0.3, 0.4) is 0 Å². The Morgan fingerprint density at radius 1 is 1.21 bits per heavy atom. The lowest BCUT2D eigenvalue weighted by Crippen LogP contribution is -2.66. The summed E-state index contributed by atoms with van der Waals surface area (Å²) in [5.74, 6) is 1.28. The highest BCUT2D eigenvalue weighted by atomic mass is 32.2. The quantitative estimate of drug-likeness (QED) is 0.837. The molecule has 3 aliphatic rings. The van der Waals surface area contributed by atoms with Crippen LogP contribution in [-0.4, -0.2) is 64.6 Å². The molecule has 3 rings (SSSR count). The summed E-state index contributed by atoms with van der Waals surface area (Å²) in [6, 6.07) is 2.23. The zero-order chi connectivity index (χ0) is 13.6. The minimum absolute atomic E-state index is 0.285. The molecule has 0 aromatic heterocycles. The van der Waals surface area contributed by atoms with E-state index < -0.39 is 0 Å². The molecule has 4 atom stereocenters. The van der Waals surface area contributed by atoms with Crippen molar-refractivity contribution in [1.82, 2.24) is 9.80 Å². The van der Waals surface area contributed by atoms with Gasteiger partial charge in [0.05, 0.1) is 0 Å². The second-order valence-electron chi connectivity index (χ2n) is 6.90. The highest BCUT2D eigenvalue weighted by Gasteiger charge is 2.50. The number of thioether (sulfide) groups is 1. The Morgan fingerprint density at radius 2 is 1.84 bits per heavy atom. The van der Waals surface area contributed by atoms with Crippen LogP contribution >= 0.6 is 11.8 Å². The SMILES string of the molecule is CC1SCCN(C2(CN)CC3CCC(C2)N3C)C1C. The third-order valence-corrected chi connectivity index (χ3v) is 7.43. The molecule has 0 aromatic carbocycles. The molecule has 0 aromatic rings. The van der Waals surface area contributed by atoms with Crippen LogP contribution in [0.2, 0.25) is 0 Å². The average molecular weight is 283 g/mol. The van der Waals surface area contributed by atoms with Gasteiger partial charge >= 0.3 is 0 Å². The second kappa shape index (κ2) is 5.21. The van der Waals surface area contributed by atoms with E-state index in [1.54, 1.807) is 0 Å². The highest BCUT2D eigenvalue weighted by molar-refractivity contribution is 8.00. The van der Waals surface area contributed by atoms with E-state index in [0.717, 1.165) is 23.9 Å². The predicted molar refractivity (Wildman–Crippen MR) is 83.7 cm³/mol. The maximum Gasteiger partial charge on any atom is 0.0365 e. The number of fused-ring (bicyclic) bond motifs is 2. The van der Waals surface area contributed by atoms with Crippen LogP contribution in [0.1, 0.15) is 39.5 Å². The lowest BCUT2D eigenvalue weighted by atomic mass is 9.80. The van der Waals surface area contributed by atoms with Gasteiger partial charge in [0.15, 0.2) is 0 Å². The molecule has 3 aliphatic heterocycles. The van der Waals surface area contributed by atoms with E-state index in [9.17, 15) is 0 Å². The predicted octanol–water partition coefficient (Wildman–Crippen LogP) is 1.77. The molecule has 4 heteroatoms. The van der Waals surface area contributed by atoms with Crippen molar-refractivity contribution in [3.05, 3.63) is 0 Å². The second-order valence-corrected chi connectivity index (χ2v) is 8.38. The fourth-order valence-electron chi connectivity index (χ4n) is 4.66. The van der Waals surface area contributed by atoms with E-state index in [1.165, 1.54) is 38.0 Å². The van der Waals surface area contributed by atoms with Gasteiger partial charge in [0.2, 0.25) is 0 Å². The van der Waals surface area contributed by atoms with Gasteiger partial charge < -0.3 is 10.6 Å². The maximum atomic E-state index is 6.31. The first-order valence-electron chi connectivity index (χ1n) is 7.88. The summed E-state index contributed by atoms with van der Waals surface area (Å²) in [6.07, 6.45) is 5.35. The lowest BCUT2D eigenvalue weighted by Gasteiger charge is -2.55. The van der Waals surface area contributed by atoms with Gasteiger partial charge in [0, 0.05) is 47.8 Å². The molecule has 0 radical (unpaired) electrons.